The fourth-order valence-corrected chi connectivity index (χ4v) is 2.04. The molecule has 1 aromatic heterocycles. The number of hydrogen-bond acceptors (Lipinski definition) is 4. The van der Waals surface area contributed by atoms with E-state index in [-0.39, 0.29) is 0 Å². The van der Waals surface area contributed by atoms with Gasteiger partial charge in [0.15, 0.2) is 5.82 Å². The minimum Gasteiger partial charge on any atom is -0.324 e. The smallest absolute Gasteiger partial charge is 0.181 e. The van der Waals surface area contributed by atoms with E-state index >= 15 is 0 Å². The van der Waals surface area contributed by atoms with Crippen molar-refractivity contribution in [1.82, 2.24) is 15.2 Å². The molecule has 2 aromatic rings. The summed E-state index contributed by atoms with van der Waals surface area (Å²) in [5.74, 6) is 2.49. The van der Waals surface area contributed by atoms with Crippen LogP contribution < -0.4 is 5.73 Å². The lowest BCUT2D eigenvalue weighted by atomic mass is 10.2. The van der Waals surface area contributed by atoms with Crippen LogP contribution in [0.5, 0.6) is 0 Å². The topological polar surface area (TPSA) is 67.6 Å². The van der Waals surface area contributed by atoms with Gasteiger partial charge in [0.25, 0.3) is 0 Å². The summed E-state index contributed by atoms with van der Waals surface area (Å²) in [4.78, 5) is 5.54. The minimum absolute atomic E-state index is 0.386. The summed E-state index contributed by atoms with van der Waals surface area (Å²) < 4.78 is 0. The quantitative estimate of drug-likeness (QED) is 0.794. The van der Waals surface area contributed by atoms with E-state index < -0.39 is 0 Å². The van der Waals surface area contributed by atoms with E-state index in [4.69, 9.17) is 5.73 Å². The van der Waals surface area contributed by atoms with Crippen LogP contribution in [0.4, 0.5) is 0 Å². The fourth-order valence-electron chi connectivity index (χ4n) is 1.38. The molecule has 5 heteroatoms. The van der Waals surface area contributed by atoms with Gasteiger partial charge in [0.2, 0.25) is 0 Å². The largest absolute Gasteiger partial charge is 0.324 e. The van der Waals surface area contributed by atoms with Crippen LogP contribution in [0, 0.1) is 0 Å². The molecular formula is C11H14N4S. The van der Waals surface area contributed by atoms with Gasteiger partial charge in [-0.3, -0.25) is 5.10 Å². The lowest BCUT2D eigenvalue weighted by molar-refractivity contribution is 0.917. The molecule has 0 fully saturated rings. The Labute approximate surface area is 98.7 Å². The first-order valence-electron chi connectivity index (χ1n) is 5.18. The molecule has 1 aromatic carbocycles. The standard InChI is InChI=1S/C11H14N4S/c1-2-16-9-5-3-8(4-6-9)11-13-10(7-12)14-15-11/h3-6H,2,7,12H2,1H3,(H,13,14,15). The number of thioether (sulfide) groups is 1. The molecule has 3 N–H and O–H groups in total. The average Bonchev–Trinajstić information content (AvgIpc) is 2.79. The molecule has 0 amide bonds. The van der Waals surface area contributed by atoms with Crippen molar-refractivity contribution in [2.45, 2.75) is 18.4 Å². The molecule has 1 heterocycles. The van der Waals surface area contributed by atoms with Crippen molar-refractivity contribution >= 4 is 11.8 Å². The summed E-state index contributed by atoms with van der Waals surface area (Å²) in [5, 5.41) is 6.91. The highest BCUT2D eigenvalue weighted by Crippen LogP contribution is 2.21. The van der Waals surface area contributed by atoms with E-state index in [1.807, 2.05) is 23.9 Å². The number of H-pyrrole nitrogens is 1. The third kappa shape index (κ3) is 2.43. The Kier molecular flexibility index (Phi) is 3.58. The monoisotopic (exact) mass is 234 g/mol. The van der Waals surface area contributed by atoms with Crippen molar-refractivity contribution in [2.75, 3.05) is 5.75 Å². The Balaban J connectivity index is 2.20. The molecule has 84 valence electrons. The number of hydrogen-bond donors (Lipinski definition) is 2. The summed E-state index contributed by atoms with van der Waals surface area (Å²) in [6, 6.07) is 8.23. The van der Waals surface area contributed by atoms with Crippen molar-refractivity contribution in [3.05, 3.63) is 30.1 Å². The Morgan fingerprint density at radius 1 is 1.31 bits per heavy atom. The van der Waals surface area contributed by atoms with Gasteiger partial charge >= 0.3 is 0 Å². The lowest BCUT2D eigenvalue weighted by Gasteiger charge is -1.99. The second-order valence-corrected chi connectivity index (χ2v) is 4.60. The summed E-state index contributed by atoms with van der Waals surface area (Å²) in [7, 11) is 0. The van der Waals surface area contributed by atoms with Gasteiger partial charge in [-0.2, -0.15) is 5.10 Å². The number of benzene rings is 1. The van der Waals surface area contributed by atoms with Gasteiger partial charge in [-0.25, -0.2) is 4.98 Å². The third-order valence-corrected chi connectivity index (χ3v) is 3.04. The van der Waals surface area contributed by atoms with E-state index in [1.54, 1.807) is 0 Å². The Hall–Kier alpha value is -1.33. The zero-order valence-electron chi connectivity index (χ0n) is 9.10. The first-order chi connectivity index (χ1) is 7.83. The summed E-state index contributed by atoms with van der Waals surface area (Å²) in [6.45, 7) is 2.53. The van der Waals surface area contributed by atoms with Gasteiger partial charge in [-0.05, 0) is 17.9 Å². The maximum atomic E-state index is 5.47. The maximum Gasteiger partial charge on any atom is 0.181 e. The number of rotatable bonds is 4. The molecule has 0 aliphatic carbocycles. The first-order valence-corrected chi connectivity index (χ1v) is 6.16. The number of aromatic amines is 1. The average molecular weight is 234 g/mol. The molecule has 2 rings (SSSR count). The second-order valence-electron chi connectivity index (χ2n) is 3.27. The third-order valence-electron chi connectivity index (χ3n) is 2.15. The molecule has 0 saturated carbocycles. The zero-order valence-corrected chi connectivity index (χ0v) is 9.92. The second kappa shape index (κ2) is 5.14. The Morgan fingerprint density at radius 2 is 2.06 bits per heavy atom. The van der Waals surface area contributed by atoms with Crippen LogP contribution in [0.1, 0.15) is 12.7 Å². The van der Waals surface area contributed by atoms with E-state index in [0.29, 0.717) is 18.2 Å². The molecular weight excluding hydrogens is 220 g/mol. The first kappa shape index (κ1) is 11.2. The normalized spacial score (nSPS) is 10.6. The maximum absolute atomic E-state index is 5.47. The van der Waals surface area contributed by atoms with Crippen LogP contribution in [0.15, 0.2) is 29.2 Å². The molecule has 0 saturated heterocycles. The minimum atomic E-state index is 0.386. The summed E-state index contributed by atoms with van der Waals surface area (Å²) in [6.07, 6.45) is 0. The zero-order chi connectivity index (χ0) is 11.4. The van der Waals surface area contributed by atoms with E-state index in [9.17, 15) is 0 Å². The van der Waals surface area contributed by atoms with Gasteiger partial charge in [0, 0.05) is 10.5 Å². The van der Waals surface area contributed by atoms with E-state index in [1.165, 1.54) is 4.90 Å². The number of nitrogens with zero attached hydrogens (tertiary/aromatic N) is 2. The molecule has 16 heavy (non-hydrogen) atoms. The van der Waals surface area contributed by atoms with E-state index in [0.717, 1.165) is 11.3 Å². The van der Waals surface area contributed by atoms with Gasteiger partial charge in [0.1, 0.15) is 5.82 Å². The highest BCUT2D eigenvalue weighted by Gasteiger charge is 2.04. The van der Waals surface area contributed by atoms with Crippen LogP contribution >= 0.6 is 11.8 Å². The highest BCUT2D eigenvalue weighted by atomic mass is 32.2. The van der Waals surface area contributed by atoms with Crippen molar-refractivity contribution in [3.8, 4) is 11.4 Å². The van der Waals surface area contributed by atoms with Crippen molar-refractivity contribution in [1.29, 1.82) is 0 Å². The fraction of sp³-hybridized carbons (Fsp3) is 0.273. The molecule has 0 aliphatic rings. The number of nitrogens with two attached hydrogens (primary N) is 1. The predicted octanol–water partition coefficient (Wildman–Crippen LogP) is 2.04. The molecule has 0 bridgehead atoms. The highest BCUT2D eigenvalue weighted by molar-refractivity contribution is 7.99. The van der Waals surface area contributed by atoms with Gasteiger partial charge in [-0.15, -0.1) is 11.8 Å². The van der Waals surface area contributed by atoms with Crippen molar-refractivity contribution in [3.63, 3.8) is 0 Å². The van der Waals surface area contributed by atoms with Crippen LogP contribution in [0.25, 0.3) is 11.4 Å². The van der Waals surface area contributed by atoms with Gasteiger partial charge in [0.05, 0.1) is 6.54 Å². The van der Waals surface area contributed by atoms with Crippen LogP contribution in [0.2, 0.25) is 0 Å². The van der Waals surface area contributed by atoms with Crippen LogP contribution in [0.3, 0.4) is 0 Å². The summed E-state index contributed by atoms with van der Waals surface area (Å²) in [5.41, 5.74) is 6.48. The van der Waals surface area contributed by atoms with Gasteiger partial charge < -0.3 is 5.73 Å². The van der Waals surface area contributed by atoms with E-state index in [2.05, 4.69) is 34.2 Å². The molecule has 0 atom stereocenters. The molecule has 0 spiro atoms. The van der Waals surface area contributed by atoms with Gasteiger partial charge in [-0.1, -0.05) is 19.1 Å². The van der Waals surface area contributed by atoms with Crippen molar-refractivity contribution in [2.24, 2.45) is 5.73 Å². The SMILES string of the molecule is CCSc1ccc(-c2n[nH]c(CN)n2)cc1. The molecule has 4 nitrogen and oxygen atoms in total. The number of aromatic nitrogens is 3. The van der Waals surface area contributed by atoms with Crippen LogP contribution in [-0.4, -0.2) is 20.9 Å². The van der Waals surface area contributed by atoms with Crippen LogP contribution in [-0.2, 0) is 6.54 Å². The molecule has 0 radical (unpaired) electrons. The Bertz CT molecular complexity index is 449. The van der Waals surface area contributed by atoms with Crippen molar-refractivity contribution < 1.29 is 0 Å². The predicted molar refractivity (Wildman–Crippen MR) is 66.1 cm³/mol. The lowest BCUT2D eigenvalue weighted by Crippen LogP contribution is -1.97. The summed E-state index contributed by atoms with van der Waals surface area (Å²) >= 11 is 1.82. The number of nitrogens with one attached hydrogen (secondary N) is 1. The molecule has 0 aliphatic heterocycles. The molecule has 0 unspecified atom stereocenters. The Morgan fingerprint density at radius 3 is 2.62 bits per heavy atom.